The summed E-state index contributed by atoms with van der Waals surface area (Å²) in [5.41, 5.74) is 5.04. The van der Waals surface area contributed by atoms with Crippen LogP contribution in [0.5, 0.6) is 11.5 Å². The molecule has 0 fully saturated rings. The summed E-state index contributed by atoms with van der Waals surface area (Å²) in [7, 11) is 1.77. The quantitative estimate of drug-likeness (QED) is 0.260. The Morgan fingerprint density at radius 1 is 0.821 bits per heavy atom. The molecule has 1 aliphatic heterocycles. The molecule has 0 saturated carbocycles. The number of amides is 1. The van der Waals surface area contributed by atoms with Crippen molar-refractivity contribution in [1.29, 1.82) is 0 Å². The van der Waals surface area contributed by atoms with Crippen molar-refractivity contribution >= 4 is 5.91 Å². The monoisotopic (exact) mass is 525 g/mol. The Kier molecular flexibility index (Phi) is 7.70. The molecule has 7 heteroatoms. The van der Waals surface area contributed by atoms with E-state index in [0.29, 0.717) is 37.8 Å². The summed E-state index contributed by atoms with van der Waals surface area (Å²) in [6, 6.07) is 24.6. The molecule has 202 valence electrons. The Labute approximate surface area is 230 Å². The number of fused-ring (bicyclic) bond motifs is 1. The van der Waals surface area contributed by atoms with Crippen molar-refractivity contribution in [3.63, 3.8) is 0 Å². The topological polar surface area (TPSA) is 68.0 Å². The number of oxazole rings is 1. The normalized spacial score (nSPS) is 12.6. The Morgan fingerprint density at radius 3 is 2.23 bits per heavy atom. The maximum Gasteiger partial charge on any atom is 0.275 e. The minimum absolute atomic E-state index is 0.0966. The highest BCUT2D eigenvalue weighted by Crippen LogP contribution is 2.33. The molecule has 0 unspecified atom stereocenters. The van der Waals surface area contributed by atoms with Crippen LogP contribution in [-0.4, -0.2) is 34.5 Å². The molecule has 3 aromatic carbocycles. The number of benzene rings is 3. The van der Waals surface area contributed by atoms with Crippen LogP contribution in [0.1, 0.15) is 59.4 Å². The van der Waals surface area contributed by atoms with Gasteiger partial charge < -0.3 is 18.8 Å². The second kappa shape index (κ2) is 11.3. The lowest BCUT2D eigenvalue weighted by Crippen LogP contribution is -2.26. The molecule has 2 heterocycles. The van der Waals surface area contributed by atoms with E-state index in [1.807, 2.05) is 48.5 Å². The van der Waals surface area contributed by atoms with Gasteiger partial charge in [0.2, 0.25) is 12.7 Å². The molecule has 0 aliphatic carbocycles. The van der Waals surface area contributed by atoms with Crippen molar-refractivity contribution in [3.8, 4) is 11.5 Å². The van der Waals surface area contributed by atoms with Crippen LogP contribution in [-0.2, 0) is 31.6 Å². The second-order valence-corrected chi connectivity index (χ2v) is 11.1. The molecule has 1 amide bonds. The van der Waals surface area contributed by atoms with Crippen LogP contribution in [0.3, 0.4) is 0 Å². The van der Waals surface area contributed by atoms with Gasteiger partial charge in [0.15, 0.2) is 17.2 Å². The largest absolute Gasteiger partial charge is 0.454 e. The number of hydrogen-bond acceptors (Lipinski definition) is 6. The third-order valence-corrected chi connectivity index (χ3v) is 6.81. The maximum atomic E-state index is 13.0. The van der Waals surface area contributed by atoms with Crippen molar-refractivity contribution in [1.82, 2.24) is 14.8 Å². The molecule has 0 radical (unpaired) electrons. The van der Waals surface area contributed by atoms with Gasteiger partial charge in [-0.3, -0.25) is 9.69 Å². The summed E-state index contributed by atoms with van der Waals surface area (Å²) in [6.07, 6.45) is 1.45. The second-order valence-electron chi connectivity index (χ2n) is 11.1. The molecule has 39 heavy (non-hydrogen) atoms. The molecule has 1 aromatic heterocycles. The average Bonchev–Trinajstić information content (AvgIpc) is 3.58. The SMILES string of the molecule is CN(Cc1ccccc1)C(=O)c1coc(CN(Cc2ccc(C(C)(C)C)cc2)Cc2ccc3c(c2)OCO3)n1. The van der Waals surface area contributed by atoms with Crippen molar-refractivity contribution in [3.05, 3.63) is 113 Å². The summed E-state index contributed by atoms with van der Waals surface area (Å²) in [5.74, 6) is 1.85. The van der Waals surface area contributed by atoms with Crippen molar-refractivity contribution in [2.45, 2.75) is 52.4 Å². The molecule has 0 atom stereocenters. The van der Waals surface area contributed by atoms with Gasteiger partial charge in [-0.25, -0.2) is 4.98 Å². The standard InChI is InChI=1S/C32H35N3O4/c1-32(2,3)26-13-10-24(11-14-26)18-35(19-25-12-15-28-29(16-25)39-22-38-28)20-30-33-27(21-37-30)31(36)34(4)17-23-8-6-5-7-9-23/h5-16,21H,17-20,22H2,1-4H3. The van der Waals surface area contributed by atoms with E-state index < -0.39 is 0 Å². The first-order valence-corrected chi connectivity index (χ1v) is 13.2. The fraction of sp³-hybridized carbons (Fsp3) is 0.312. The lowest BCUT2D eigenvalue weighted by atomic mass is 9.87. The zero-order valence-corrected chi connectivity index (χ0v) is 23.0. The van der Waals surface area contributed by atoms with E-state index in [1.54, 1.807) is 11.9 Å². The average molecular weight is 526 g/mol. The number of ether oxygens (including phenoxy) is 2. The fourth-order valence-corrected chi connectivity index (χ4v) is 4.63. The molecule has 0 N–H and O–H groups in total. The summed E-state index contributed by atoms with van der Waals surface area (Å²) < 4.78 is 16.8. The first-order valence-electron chi connectivity index (χ1n) is 13.2. The number of aromatic nitrogens is 1. The fourth-order valence-electron chi connectivity index (χ4n) is 4.63. The molecular weight excluding hydrogens is 490 g/mol. The molecule has 0 bridgehead atoms. The van der Waals surface area contributed by atoms with Crippen molar-refractivity contribution in [2.24, 2.45) is 0 Å². The predicted octanol–water partition coefficient (Wildman–Crippen LogP) is 6.18. The molecule has 0 saturated heterocycles. The summed E-state index contributed by atoms with van der Waals surface area (Å²) in [6.45, 7) is 9.18. The van der Waals surface area contributed by atoms with Crippen LogP contribution in [0.15, 0.2) is 83.5 Å². The molecule has 4 aromatic rings. The van der Waals surface area contributed by atoms with Gasteiger partial charge in [-0.15, -0.1) is 0 Å². The Morgan fingerprint density at radius 2 is 1.49 bits per heavy atom. The zero-order chi connectivity index (χ0) is 27.4. The first kappa shape index (κ1) is 26.5. The number of hydrogen-bond donors (Lipinski definition) is 0. The van der Waals surface area contributed by atoms with E-state index >= 15 is 0 Å². The lowest BCUT2D eigenvalue weighted by Gasteiger charge is -2.23. The Hall–Kier alpha value is -4.10. The predicted molar refractivity (Wildman–Crippen MR) is 149 cm³/mol. The van der Waals surface area contributed by atoms with E-state index in [9.17, 15) is 4.79 Å². The zero-order valence-electron chi connectivity index (χ0n) is 23.0. The van der Waals surface area contributed by atoms with Crippen molar-refractivity contribution < 1.29 is 18.7 Å². The lowest BCUT2D eigenvalue weighted by molar-refractivity contribution is 0.0779. The maximum absolute atomic E-state index is 13.0. The number of nitrogens with zero attached hydrogens (tertiary/aromatic N) is 3. The molecular formula is C32H35N3O4. The van der Waals surface area contributed by atoms with Crippen molar-refractivity contribution in [2.75, 3.05) is 13.8 Å². The van der Waals surface area contributed by atoms with E-state index in [-0.39, 0.29) is 18.1 Å². The van der Waals surface area contributed by atoms with E-state index in [4.69, 9.17) is 13.9 Å². The van der Waals surface area contributed by atoms with Gasteiger partial charge in [0.1, 0.15) is 6.26 Å². The highest BCUT2D eigenvalue weighted by Gasteiger charge is 2.20. The van der Waals surface area contributed by atoms with Crippen LogP contribution in [0, 0.1) is 0 Å². The van der Waals surface area contributed by atoms with Gasteiger partial charge in [0, 0.05) is 26.7 Å². The van der Waals surface area contributed by atoms with Crippen LogP contribution in [0.25, 0.3) is 0 Å². The van der Waals surface area contributed by atoms with Crippen LogP contribution >= 0.6 is 0 Å². The van der Waals surface area contributed by atoms with Crippen LogP contribution in [0.2, 0.25) is 0 Å². The first-order chi connectivity index (χ1) is 18.7. The molecule has 1 aliphatic rings. The van der Waals surface area contributed by atoms with Gasteiger partial charge in [-0.2, -0.15) is 0 Å². The van der Waals surface area contributed by atoms with E-state index in [2.05, 4.69) is 54.9 Å². The van der Waals surface area contributed by atoms with Gasteiger partial charge in [-0.05, 0) is 39.8 Å². The number of rotatable bonds is 9. The van der Waals surface area contributed by atoms with Gasteiger partial charge >= 0.3 is 0 Å². The van der Waals surface area contributed by atoms with E-state index in [1.165, 1.54) is 17.4 Å². The third kappa shape index (κ3) is 6.67. The summed E-state index contributed by atoms with van der Waals surface area (Å²) in [5, 5.41) is 0. The Bertz CT molecular complexity index is 1410. The third-order valence-electron chi connectivity index (χ3n) is 6.81. The van der Waals surface area contributed by atoms with Gasteiger partial charge in [-0.1, -0.05) is 81.4 Å². The summed E-state index contributed by atoms with van der Waals surface area (Å²) in [4.78, 5) is 21.5. The minimum Gasteiger partial charge on any atom is -0.454 e. The molecule has 0 spiro atoms. The highest BCUT2D eigenvalue weighted by atomic mass is 16.7. The number of carbonyl (C=O) groups excluding carboxylic acids is 1. The van der Waals surface area contributed by atoms with E-state index in [0.717, 1.165) is 22.6 Å². The highest BCUT2D eigenvalue weighted by molar-refractivity contribution is 5.91. The minimum atomic E-state index is -0.172. The number of carbonyl (C=O) groups is 1. The Balaban J connectivity index is 1.31. The molecule has 5 rings (SSSR count). The molecule has 7 nitrogen and oxygen atoms in total. The smallest absolute Gasteiger partial charge is 0.275 e. The summed E-state index contributed by atoms with van der Waals surface area (Å²) >= 11 is 0. The van der Waals surface area contributed by atoms with Crippen LogP contribution < -0.4 is 9.47 Å². The van der Waals surface area contributed by atoms with Crippen LogP contribution in [0.4, 0.5) is 0 Å². The van der Waals surface area contributed by atoms with Gasteiger partial charge in [0.05, 0.1) is 6.54 Å². The van der Waals surface area contributed by atoms with Gasteiger partial charge in [0.25, 0.3) is 5.91 Å².